The Morgan fingerprint density at radius 1 is 1.25 bits per heavy atom. The Labute approximate surface area is 190 Å². The molecule has 3 N–H and O–H groups in total. The first kappa shape index (κ1) is 24.1. The summed E-state index contributed by atoms with van der Waals surface area (Å²) in [5.74, 6) is 0.775. The Bertz CT molecular complexity index is 1060. The van der Waals surface area contributed by atoms with E-state index in [0.29, 0.717) is 0 Å². The van der Waals surface area contributed by atoms with E-state index < -0.39 is 17.8 Å². The van der Waals surface area contributed by atoms with Crippen LogP contribution in [0, 0.1) is 13.8 Å². The van der Waals surface area contributed by atoms with Crippen LogP contribution < -0.4 is 10.6 Å². The van der Waals surface area contributed by atoms with Crippen molar-refractivity contribution >= 4 is 40.0 Å². The summed E-state index contributed by atoms with van der Waals surface area (Å²) in [4.78, 5) is 24.0. The van der Waals surface area contributed by atoms with E-state index in [4.69, 9.17) is 0 Å². The minimum absolute atomic E-state index is 0.00917. The number of hydrogen-bond donors (Lipinski definition) is 3. The van der Waals surface area contributed by atoms with Crippen molar-refractivity contribution in [3.63, 3.8) is 0 Å². The lowest BCUT2D eigenvalue weighted by molar-refractivity contribution is -0.167. The highest BCUT2D eigenvalue weighted by Crippen LogP contribution is 2.48. The number of aromatic nitrogens is 3. The Morgan fingerprint density at radius 3 is 2.44 bits per heavy atom. The number of alkyl halides is 3. The number of nitrogens with one attached hydrogen (secondary N) is 2. The van der Waals surface area contributed by atoms with Crippen LogP contribution in [0.25, 0.3) is 10.6 Å². The highest BCUT2D eigenvalue weighted by atomic mass is 32.1. The topological polar surface area (TPSA) is 100 Å². The molecule has 0 aromatic carbocycles. The van der Waals surface area contributed by atoms with Crippen LogP contribution in [0.3, 0.4) is 0 Å². The molecular weight excluding hydrogens is 463 g/mol. The number of pyridine rings is 1. The number of aryl methyl sites for hydroxylation is 2. The molecular formula is C20H22F3N5O2S2. The summed E-state index contributed by atoms with van der Waals surface area (Å²) in [5.41, 5.74) is 1.01. The van der Waals surface area contributed by atoms with Gasteiger partial charge in [-0.1, -0.05) is 6.07 Å². The van der Waals surface area contributed by atoms with Crippen molar-refractivity contribution in [2.45, 2.75) is 51.4 Å². The van der Waals surface area contributed by atoms with E-state index in [1.54, 1.807) is 12.2 Å². The van der Waals surface area contributed by atoms with E-state index in [1.165, 1.54) is 22.7 Å². The second-order valence-corrected chi connectivity index (χ2v) is 9.26. The predicted molar refractivity (Wildman–Crippen MR) is 118 cm³/mol. The molecule has 3 aromatic rings. The molecule has 4 rings (SSSR count). The third kappa shape index (κ3) is 5.61. The van der Waals surface area contributed by atoms with Crippen LogP contribution in [-0.2, 0) is 4.79 Å². The Balaban J connectivity index is 0.000000243. The van der Waals surface area contributed by atoms with Crippen molar-refractivity contribution in [3.8, 4) is 10.6 Å². The SMILES string of the molecule is Cc1ccc(Nc2nc(-c3sc(C(C)O)nc3C)cs2)nc1.O=CNC1(C(F)(F)F)CC1. The van der Waals surface area contributed by atoms with Crippen LogP contribution in [-0.4, -0.2) is 38.2 Å². The maximum Gasteiger partial charge on any atom is 0.411 e. The monoisotopic (exact) mass is 485 g/mol. The number of halogens is 3. The first-order chi connectivity index (χ1) is 15.0. The molecule has 0 saturated heterocycles. The van der Waals surface area contributed by atoms with Crippen molar-refractivity contribution in [1.29, 1.82) is 0 Å². The van der Waals surface area contributed by atoms with E-state index in [1.807, 2.05) is 37.6 Å². The summed E-state index contributed by atoms with van der Waals surface area (Å²) in [7, 11) is 0. The number of thiazole rings is 2. The Hall–Kier alpha value is -2.57. The molecule has 1 aliphatic carbocycles. The van der Waals surface area contributed by atoms with Gasteiger partial charge >= 0.3 is 6.18 Å². The normalized spacial score (nSPS) is 15.3. The minimum atomic E-state index is -4.28. The molecule has 32 heavy (non-hydrogen) atoms. The fourth-order valence-electron chi connectivity index (χ4n) is 2.67. The van der Waals surface area contributed by atoms with E-state index in [2.05, 4.69) is 20.3 Å². The number of aliphatic hydroxyl groups excluding tert-OH is 1. The summed E-state index contributed by atoms with van der Waals surface area (Å²) in [6.07, 6.45) is -2.90. The van der Waals surface area contributed by atoms with Crippen molar-refractivity contribution in [3.05, 3.63) is 40.0 Å². The molecule has 12 heteroatoms. The zero-order valence-corrected chi connectivity index (χ0v) is 19.2. The van der Waals surface area contributed by atoms with Gasteiger partial charge in [-0.05, 0) is 45.2 Å². The third-order valence-corrected chi connectivity index (χ3v) is 6.79. The lowest BCUT2D eigenvalue weighted by atomic mass is 10.3. The van der Waals surface area contributed by atoms with Gasteiger partial charge in [0.2, 0.25) is 6.41 Å². The Kier molecular flexibility index (Phi) is 7.16. The molecule has 0 radical (unpaired) electrons. The highest BCUT2D eigenvalue weighted by molar-refractivity contribution is 7.17. The van der Waals surface area contributed by atoms with Crippen LogP contribution in [0.2, 0.25) is 0 Å². The van der Waals surface area contributed by atoms with Gasteiger partial charge in [0.1, 0.15) is 22.5 Å². The first-order valence-electron chi connectivity index (χ1n) is 9.63. The van der Waals surface area contributed by atoms with Crippen LogP contribution in [0.4, 0.5) is 24.1 Å². The van der Waals surface area contributed by atoms with Crippen molar-refractivity contribution in [2.75, 3.05) is 5.32 Å². The second-order valence-electron chi connectivity index (χ2n) is 7.37. The van der Waals surface area contributed by atoms with Gasteiger partial charge in [-0.3, -0.25) is 4.79 Å². The number of carbonyl (C=O) groups is 1. The van der Waals surface area contributed by atoms with E-state index >= 15 is 0 Å². The van der Waals surface area contributed by atoms with E-state index in [0.717, 1.165) is 37.8 Å². The number of rotatable bonds is 6. The number of anilines is 2. The average Bonchev–Trinajstić information content (AvgIpc) is 3.21. The Morgan fingerprint density at radius 2 is 1.97 bits per heavy atom. The first-order valence-corrected chi connectivity index (χ1v) is 11.3. The zero-order chi connectivity index (χ0) is 23.5. The highest BCUT2D eigenvalue weighted by Gasteiger charge is 2.63. The van der Waals surface area contributed by atoms with Crippen LogP contribution in [0.5, 0.6) is 0 Å². The number of amides is 1. The summed E-state index contributed by atoms with van der Waals surface area (Å²) in [6, 6.07) is 3.94. The van der Waals surface area contributed by atoms with Gasteiger partial charge in [0, 0.05) is 11.6 Å². The molecule has 1 aliphatic rings. The number of hydrogen-bond acceptors (Lipinski definition) is 8. The number of nitrogens with zero attached hydrogens (tertiary/aromatic N) is 3. The molecule has 1 fully saturated rings. The quantitative estimate of drug-likeness (QED) is 0.430. The molecule has 0 bridgehead atoms. The van der Waals surface area contributed by atoms with Gasteiger partial charge in [0.05, 0.1) is 16.3 Å². The van der Waals surface area contributed by atoms with Gasteiger partial charge in [-0.2, -0.15) is 13.2 Å². The molecule has 0 spiro atoms. The van der Waals surface area contributed by atoms with Crippen LogP contribution in [0.1, 0.15) is 42.1 Å². The molecule has 1 unspecified atom stereocenters. The maximum absolute atomic E-state index is 11.9. The molecule has 172 valence electrons. The number of aliphatic hydroxyl groups is 1. The van der Waals surface area contributed by atoms with Gasteiger partial charge in [0.25, 0.3) is 0 Å². The molecule has 0 aliphatic heterocycles. The van der Waals surface area contributed by atoms with Crippen molar-refractivity contribution in [1.82, 2.24) is 20.3 Å². The molecule has 7 nitrogen and oxygen atoms in total. The summed E-state index contributed by atoms with van der Waals surface area (Å²) in [5, 5.41) is 18.1. The standard InChI is InChI=1S/C15H16N4OS2.C5H6F3NO/c1-8-4-5-12(16-6-8)19-15-18-11(7-21-15)13-9(2)17-14(22-13)10(3)20;6-5(7,8)4(1-2-4)9-3-10/h4-7,10,20H,1-3H3,(H,16,18,19);3H,1-2H2,(H,9,10). The van der Waals surface area contributed by atoms with Gasteiger partial charge in [-0.25, -0.2) is 15.0 Å². The predicted octanol–water partition coefficient (Wildman–Crippen LogP) is 4.90. The fourth-order valence-corrected chi connectivity index (χ4v) is 4.42. The zero-order valence-electron chi connectivity index (χ0n) is 17.5. The lowest BCUT2D eigenvalue weighted by Crippen LogP contribution is -2.44. The molecule has 1 atom stereocenters. The summed E-state index contributed by atoms with van der Waals surface area (Å²) in [6.45, 7) is 5.66. The maximum atomic E-state index is 11.9. The fraction of sp³-hybridized carbons (Fsp3) is 0.400. The molecule has 1 saturated carbocycles. The summed E-state index contributed by atoms with van der Waals surface area (Å²) < 4.78 is 35.6. The van der Waals surface area contributed by atoms with E-state index in [9.17, 15) is 23.1 Å². The van der Waals surface area contributed by atoms with Crippen LogP contribution >= 0.6 is 22.7 Å². The van der Waals surface area contributed by atoms with Gasteiger partial charge in [-0.15, -0.1) is 22.7 Å². The average molecular weight is 486 g/mol. The largest absolute Gasteiger partial charge is 0.411 e. The van der Waals surface area contributed by atoms with Crippen molar-refractivity contribution in [2.24, 2.45) is 0 Å². The summed E-state index contributed by atoms with van der Waals surface area (Å²) >= 11 is 3.01. The minimum Gasteiger partial charge on any atom is -0.386 e. The molecule has 3 aromatic heterocycles. The van der Waals surface area contributed by atoms with Gasteiger partial charge < -0.3 is 15.7 Å². The number of carbonyl (C=O) groups excluding carboxylic acids is 1. The van der Waals surface area contributed by atoms with Crippen LogP contribution in [0.15, 0.2) is 23.7 Å². The second kappa shape index (κ2) is 9.51. The third-order valence-electron chi connectivity index (χ3n) is 4.68. The lowest BCUT2D eigenvalue weighted by Gasteiger charge is -2.17. The molecule has 1 amide bonds. The molecule has 3 heterocycles. The van der Waals surface area contributed by atoms with Gasteiger partial charge in [0.15, 0.2) is 5.13 Å². The van der Waals surface area contributed by atoms with Crippen molar-refractivity contribution < 1.29 is 23.1 Å². The van der Waals surface area contributed by atoms with E-state index in [-0.39, 0.29) is 19.3 Å². The smallest absolute Gasteiger partial charge is 0.386 e.